The predicted molar refractivity (Wildman–Crippen MR) is 130 cm³/mol. The van der Waals surface area contributed by atoms with E-state index in [9.17, 15) is 9.59 Å². The van der Waals surface area contributed by atoms with Crippen molar-refractivity contribution in [1.82, 2.24) is 10.2 Å². The lowest BCUT2D eigenvalue weighted by Gasteiger charge is -2.31. The van der Waals surface area contributed by atoms with Crippen LogP contribution >= 0.6 is 11.8 Å². The maximum absolute atomic E-state index is 13.2. The quantitative estimate of drug-likeness (QED) is 0.511. The molecule has 0 bridgehead atoms. The van der Waals surface area contributed by atoms with E-state index in [0.29, 0.717) is 18.7 Å². The Morgan fingerprint density at radius 2 is 1.84 bits per heavy atom. The second kappa shape index (κ2) is 12.5. The molecule has 5 nitrogen and oxygen atoms in total. The highest BCUT2D eigenvalue weighted by molar-refractivity contribution is 7.99. The zero-order chi connectivity index (χ0) is 22.8. The molecule has 1 aliphatic carbocycles. The topological polar surface area (TPSA) is 58.6 Å². The Kier molecular flexibility index (Phi) is 9.47. The number of nitrogens with zero attached hydrogens (tertiary/aromatic N) is 1. The summed E-state index contributed by atoms with van der Waals surface area (Å²) in [6.07, 6.45) is 5.98. The van der Waals surface area contributed by atoms with Crippen molar-refractivity contribution in [3.05, 3.63) is 60.2 Å². The normalized spacial score (nSPS) is 15.1. The third-order valence-electron chi connectivity index (χ3n) is 5.93. The van der Waals surface area contributed by atoms with E-state index in [1.54, 1.807) is 23.8 Å². The minimum absolute atomic E-state index is 0.0115. The van der Waals surface area contributed by atoms with Gasteiger partial charge in [0.05, 0.1) is 7.11 Å². The van der Waals surface area contributed by atoms with E-state index >= 15 is 0 Å². The molecule has 1 aliphatic rings. The number of hydrogen-bond acceptors (Lipinski definition) is 4. The Hall–Kier alpha value is -2.47. The molecule has 1 saturated carbocycles. The summed E-state index contributed by atoms with van der Waals surface area (Å²) in [5, 5.41) is 3.18. The summed E-state index contributed by atoms with van der Waals surface area (Å²) in [5.74, 6) is 1.34. The summed E-state index contributed by atoms with van der Waals surface area (Å²) in [5.41, 5.74) is 0.950. The standard InChI is InChI=1S/C26H34N2O3S/c1-20(26(30)27-22-11-5-3-6-12-22)28(19-21-10-9-13-23(18-21)31-2)25(29)16-17-32-24-14-7-4-8-15-24/h4,7-10,13-15,18,20,22H,3,5-6,11-12,16-17,19H2,1-2H3,(H,27,30). The summed E-state index contributed by atoms with van der Waals surface area (Å²) in [7, 11) is 1.63. The second-order valence-corrected chi connectivity index (χ2v) is 9.47. The van der Waals surface area contributed by atoms with Gasteiger partial charge in [0.15, 0.2) is 0 Å². The molecule has 2 aromatic rings. The largest absolute Gasteiger partial charge is 0.497 e. The van der Waals surface area contributed by atoms with E-state index in [4.69, 9.17) is 4.74 Å². The average Bonchev–Trinajstić information content (AvgIpc) is 2.83. The minimum atomic E-state index is -0.530. The van der Waals surface area contributed by atoms with Crippen LogP contribution in [0.2, 0.25) is 0 Å². The molecule has 32 heavy (non-hydrogen) atoms. The lowest BCUT2D eigenvalue weighted by atomic mass is 9.95. The first-order valence-corrected chi connectivity index (χ1v) is 12.5. The molecule has 0 radical (unpaired) electrons. The molecule has 0 spiro atoms. The number of thioether (sulfide) groups is 1. The summed E-state index contributed by atoms with van der Waals surface area (Å²) >= 11 is 1.66. The van der Waals surface area contributed by atoms with Crippen molar-refractivity contribution in [2.75, 3.05) is 12.9 Å². The first-order chi connectivity index (χ1) is 15.6. The van der Waals surface area contributed by atoms with Crippen molar-refractivity contribution < 1.29 is 14.3 Å². The van der Waals surface area contributed by atoms with Crippen molar-refractivity contribution in [3.8, 4) is 5.75 Å². The predicted octanol–water partition coefficient (Wildman–Crippen LogP) is 5.04. The van der Waals surface area contributed by atoms with Gasteiger partial charge in [-0.05, 0) is 49.6 Å². The maximum Gasteiger partial charge on any atom is 0.242 e. The number of rotatable bonds is 10. The van der Waals surface area contributed by atoms with Crippen LogP contribution in [-0.4, -0.2) is 41.7 Å². The van der Waals surface area contributed by atoms with Crippen LogP contribution in [0.25, 0.3) is 0 Å². The molecule has 2 amide bonds. The molecule has 1 fully saturated rings. The van der Waals surface area contributed by atoms with Gasteiger partial charge in [0, 0.05) is 29.7 Å². The highest BCUT2D eigenvalue weighted by Gasteiger charge is 2.28. The maximum atomic E-state index is 13.2. The summed E-state index contributed by atoms with van der Waals surface area (Å²) in [6, 6.07) is 17.4. The van der Waals surface area contributed by atoms with Crippen molar-refractivity contribution in [3.63, 3.8) is 0 Å². The fraction of sp³-hybridized carbons (Fsp3) is 0.462. The molecule has 0 aliphatic heterocycles. The average molecular weight is 455 g/mol. The lowest BCUT2D eigenvalue weighted by molar-refractivity contribution is -0.140. The number of benzene rings is 2. The molecular weight excluding hydrogens is 420 g/mol. The molecule has 0 heterocycles. The molecule has 0 saturated heterocycles. The first-order valence-electron chi connectivity index (χ1n) is 11.5. The van der Waals surface area contributed by atoms with E-state index in [0.717, 1.165) is 41.9 Å². The number of carbonyl (C=O) groups is 2. The van der Waals surface area contributed by atoms with E-state index < -0.39 is 6.04 Å². The summed E-state index contributed by atoms with van der Waals surface area (Å²) < 4.78 is 5.33. The van der Waals surface area contributed by atoms with Crippen LogP contribution in [0.4, 0.5) is 0 Å². The van der Waals surface area contributed by atoms with Crippen LogP contribution < -0.4 is 10.1 Å². The fourth-order valence-corrected chi connectivity index (χ4v) is 4.90. The molecule has 6 heteroatoms. The molecule has 3 rings (SSSR count). The van der Waals surface area contributed by atoms with Gasteiger partial charge in [0.2, 0.25) is 11.8 Å². The van der Waals surface area contributed by atoms with Crippen molar-refractivity contribution in [2.24, 2.45) is 0 Å². The van der Waals surface area contributed by atoms with Gasteiger partial charge in [-0.2, -0.15) is 0 Å². The number of carbonyl (C=O) groups excluding carboxylic acids is 2. The highest BCUT2D eigenvalue weighted by atomic mass is 32.2. The monoisotopic (exact) mass is 454 g/mol. The zero-order valence-corrected chi connectivity index (χ0v) is 19.9. The number of methoxy groups -OCH3 is 1. The van der Waals surface area contributed by atoms with Gasteiger partial charge in [-0.25, -0.2) is 0 Å². The molecule has 1 N–H and O–H groups in total. The molecule has 2 aromatic carbocycles. The SMILES string of the molecule is COc1cccc(CN(C(=O)CCSc2ccccc2)C(C)C(=O)NC2CCCCC2)c1. The molecule has 172 valence electrons. The number of ether oxygens (including phenoxy) is 1. The molecule has 1 unspecified atom stereocenters. The summed E-state index contributed by atoms with van der Waals surface area (Å²) in [6.45, 7) is 2.21. The van der Waals surface area contributed by atoms with Crippen LogP contribution in [0, 0.1) is 0 Å². The van der Waals surface area contributed by atoms with Crippen LogP contribution in [0.15, 0.2) is 59.5 Å². The van der Waals surface area contributed by atoms with Crippen molar-refractivity contribution in [2.45, 2.75) is 69.0 Å². The smallest absolute Gasteiger partial charge is 0.242 e. The van der Waals surface area contributed by atoms with Gasteiger partial charge >= 0.3 is 0 Å². The van der Waals surface area contributed by atoms with Gasteiger partial charge in [-0.15, -0.1) is 11.8 Å². The van der Waals surface area contributed by atoms with E-state index in [-0.39, 0.29) is 17.9 Å². The Morgan fingerprint density at radius 1 is 1.09 bits per heavy atom. The van der Waals surface area contributed by atoms with E-state index in [1.807, 2.05) is 61.5 Å². The Bertz CT molecular complexity index is 868. The van der Waals surface area contributed by atoms with Crippen molar-refractivity contribution in [1.29, 1.82) is 0 Å². The van der Waals surface area contributed by atoms with Gasteiger partial charge in [-0.3, -0.25) is 9.59 Å². The van der Waals surface area contributed by atoms with Gasteiger partial charge in [0.1, 0.15) is 11.8 Å². The van der Waals surface area contributed by atoms with Gasteiger partial charge in [-0.1, -0.05) is 49.6 Å². The van der Waals surface area contributed by atoms with E-state index in [1.165, 1.54) is 6.42 Å². The minimum Gasteiger partial charge on any atom is -0.497 e. The fourth-order valence-electron chi connectivity index (χ4n) is 4.04. The van der Waals surface area contributed by atoms with Crippen LogP contribution in [-0.2, 0) is 16.1 Å². The zero-order valence-electron chi connectivity index (χ0n) is 19.1. The number of amides is 2. The Morgan fingerprint density at radius 3 is 2.56 bits per heavy atom. The molecule has 0 aromatic heterocycles. The Balaban J connectivity index is 1.67. The van der Waals surface area contributed by atoms with Crippen molar-refractivity contribution >= 4 is 23.6 Å². The van der Waals surface area contributed by atoms with Gasteiger partial charge < -0.3 is 15.0 Å². The van der Waals surface area contributed by atoms with E-state index in [2.05, 4.69) is 5.32 Å². The highest BCUT2D eigenvalue weighted by Crippen LogP contribution is 2.21. The summed E-state index contributed by atoms with van der Waals surface area (Å²) in [4.78, 5) is 29.1. The lowest BCUT2D eigenvalue weighted by Crippen LogP contribution is -2.50. The molecule has 1 atom stereocenters. The van der Waals surface area contributed by atoms with Crippen LogP contribution in [0.3, 0.4) is 0 Å². The Labute approximate surface area is 195 Å². The second-order valence-electron chi connectivity index (χ2n) is 8.30. The number of nitrogens with one attached hydrogen (secondary N) is 1. The third kappa shape index (κ3) is 7.30. The van der Waals surface area contributed by atoms with Gasteiger partial charge in [0.25, 0.3) is 0 Å². The number of hydrogen-bond donors (Lipinski definition) is 1. The van der Waals surface area contributed by atoms with Crippen LogP contribution in [0.5, 0.6) is 5.75 Å². The first kappa shape index (κ1) is 24.2. The third-order valence-corrected chi connectivity index (χ3v) is 6.95. The van der Waals surface area contributed by atoms with Crippen LogP contribution in [0.1, 0.15) is 51.0 Å². The molecular formula is C26H34N2O3S.